The maximum atomic E-state index is 11.1. The van der Waals surface area contributed by atoms with E-state index in [1.807, 2.05) is 12.1 Å². The van der Waals surface area contributed by atoms with Crippen molar-refractivity contribution in [2.24, 2.45) is 0 Å². The molecule has 1 aromatic heterocycles. The minimum absolute atomic E-state index is 0.225. The molecule has 0 N–H and O–H groups in total. The van der Waals surface area contributed by atoms with E-state index in [1.54, 1.807) is 6.20 Å². The van der Waals surface area contributed by atoms with Crippen molar-refractivity contribution >= 4 is 5.97 Å². The first-order chi connectivity index (χ1) is 7.29. The fourth-order valence-corrected chi connectivity index (χ4v) is 1.47. The van der Waals surface area contributed by atoms with Crippen LogP contribution in [0.4, 0.5) is 0 Å². The van der Waals surface area contributed by atoms with E-state index in [1.165, 1.54) is 7.11 Å². The van der Waals surface area contributed by atoms with Crippen molar-refractivity contribution in [2.45, 2.75) is 12.3 Å². The van der Waals surface area contributed by atoms with E-state index in [0.717, 1.165) is 24.5 Å². The van der Waals surface area contributed by atoms with Gasteiger partial charge in [0.25, 0.3) is 0 Å². The average Bonchev–Trinajstić information content (AvgIpc) is 2.15. The van der Waals surface area contributed by atoms with Crippen molar-refractivity contribution in [1.29, 1.82) is 0 Å². The van der Waals surface area contributed by atoms with Crippen LogP contribution in [0.3, 0.4) is 0 Å². The third-order valence-corrected chi connectivity index (χ3v) is 2.48. The minimum Gasteiger partial charge on any atom is -0.469 e. The normalized spacial score (nSPS) is 15.8. The summed E-state index contributed by atoms with van der Waals surface area (Å²) in [5.74, 6) is 0.166. The fourth-order valence-electron chi connectivity index (χ4n) is 1.47. The first-order valence-corrected chi connectivity index (χ1v) is 4.89. The van der Waals surface area contributed by atoms with Gasteiger partial charge in [-0.15, -0.1) is 0 Å². The Balaban J connectivity index is 2.08. The molecule has 0 spiro atoms. The van der Waals surface area contributed by atoms with Gasteiger partial charge >= 0.3 is 5.97 Å². The number of aromatic nitrogens is 1. The summed E-state index contributed by atoms with van der Waals surface area (Å²) in [6.07, 6.45) is 2.03. The lowest BCUT2D eigenvalue weighted by atomic mass is 10.0. The van der Waals surface area contributed by atoms with Gasteiger partial charge in [-0.3, -0.25) is 9.78 Å². The molecular formula is C11H13NO3. The lowest BCUT2D eigenvalue weighted by Gasteiger charge is -2.25. The van der Waals surface area contributed by atoms with Gasteiger partial charge in [0, 0.05) is 17.8 Å². The lowest BCUT2D eigenvalue weighted by molar-refractivity contribution is -0.139. The van der Waals surface area contributed by atoms with Gasteiger partial charge in [0.15, 0.2) is 0 Å². The van der Waals surface area contributed by atoms with Crippen LogP contribution in [0.5, 0.6) is 0 Å². The second-order valence-electron chi connectivity index (χ2n) is 3.58. The summed E-state index contributed by atoms with van der Waals surface area (Å²) >= 11 is 0. The van der Waals surface area contributed by atoms with Gasteiger partial charge in [-0.1, -0.05) is 0 Å². The Hall–Kier alpha value is -1.42. The zero-order valence-corrected chi connectivity index (χ0v) is 8.60. The van der Waals surface area contributed by atoms with E-state index in [4.69, 9.17) is 4.74 Å². The first kappa shape index (κ1) is 10.1. The van der Waals surface area contributed by atoms with Crippen LogP contribution in [0.2, 0.25) is 0 Å². The Kier molecular flexibility index (Phi) is 2.97. The molecule has 2 heterocycles. The van der Waals surface area contributed by atoms with Crippen molar-refractivity contribution in [2.75, 3.05) is 20.3 Å². The maximum absolute atomic E-state index is 11.1. The third-order valence-electron chi connectivity index (χ3n) is 2.48. The summed E-state index contributed by atoms with van der Waals surface area (Å²) in [5, 5.41) is 0. The molecule has 0 unspecified atom stereocenters. The average molecular weight is 207 g/mol. The molecule has 0 aromatic carbocycles. The van der Waals surface area contributed by atoms with Crippen LogP contribution in [0, 0.1) is 0 Å². The number of ether oxygens (including phenoxy) is 2. The second kappa shape index (κ2) is 4.40. The Labute approximate surface area is 88.2 Å². The molecule has 1 fully saturated rings. The van der Waals surface area contributed by atoms with Gasteiger partial charge in [0.1, 0.15) is 0 Å². The molecule has 0 saturated carbocycles. The Bertz CT molecular complexity index is 361. The number of esters is 1. The number of carbonyl (C=O) groups is 1. The Morgan fingerprint density at radius 3 is 3.07 bits per heavy atom. The van der Waals surface area contributed by atoms with E-state index in [2.05, 4.69) is 9.72 Å². The molecule has 0 amide bonds. The van der Waals surface area contributed by atoms with Gasteiger partial charge in [-0.25, -0.2) is 0 Å². The van der Waals surface area contributed by atoms with Crippen molar-refractivity contribution in [3.63, 3.8) is 0 Å². The first-order valence-electron chi connectivity index (χ1n) is 4.89. The molecule has 0 radical (unpaired) electrons. The van der Waals surface area contributed by atoms with Gasteiger partial charge in [-0.2, -0.15) is 0 Å². The van der Waals surface area contributed by atoms with Crippen molar-refractivity contribution in [1.82, 2.24) is 4.98 Å². The smallest absolute Gasteiger partial charge is 0.309 e. The van der Waals surface area contributed by atoms with Crippen LogP contribution in [0.1, 0.15) is 17.2 Å². The molecule has 1 aliphatic heterocycles. The number of pyridine rings is 1. The zero-order valence-electron chi connectivity index (χ0n) is 8.60. The number of rotatable bonds is 3. The highest BCUT2D eigenvalue weighted by atomic mass is 16.5. The molecular weight excluding hydrogens is 194 g/mol. The molecule has 0 bridgehead atoms. The van der Waals surface area contributed by atoms with Gasteiger partial charge in [-0.05, 0) is 17.7 Å². The molecule has 2 rings (SSSR count). The number of methoxy groups -OCH3 is 1. The van der Waals surface area contributed by atoms with Crippen LogP contribution in [0.15, 0.2) is 18.3 Å². The summed E-state index contributed by atoms with van der Waals surface area (Å²) < 4.78 is 9.71. The standard InChI is InChI=1S/C11H13NO3/c1-14-11(13)5-8-2-3-12-10(4-8)9-6-15-7-9/h2-4,9H,5-7H2,1H3. The van der Waals surface area contributed by atoms with Crippen molar-refractivity contribution < 1.29 is 14.3 Å². The predicted octanol–water partition coefficient (Wildman–Crippen LogP) is 0.911. The molecule has 4 nitrogen and oxygen atoms in total. The van der Waals surface area contributed by atoms with E-state index in [-0.39, 0.29) is 5.97 Å². The van der Waals surface area contributed by atoms with Gasteiger partial charge in [0.2, 0.25) is 0 Å². The molecule has 15 heavy (non-hydrogen) atoms. The van der Waals surface area contributed by atoms with E-state index in [0.29, 0.717) is 12.3 Å². The lowest BCUT2D eigenvalue weighted by Crippen LogP contribution is -2.26. The third kappa shape index (κ3) is 2.33. The summed E-state index contributed by atoms with van der Waals surface area (Å²) in [5.41, 5.74) is 1.95. The van der Waals surface area contributed by atoms with Gasteiger partial charge < -0.3 is 9.47 Å². The molecule has 0 atom stereocenters. The number of hydrogen-bond acceptors (Lipinski definition) is 4. The largest absolute Gasteiger partial charge is 0.469 e. The van der Waals surface area contributed by atoms with E-state index in [9.17, 15) is 4.79 Å². The van der Waals surface area contributed by atoms with E-state index < -0.39 is 0 Å². The summed E-state index contributed by atoms with van der Waals surface area (Å²) in [6.45, 7) is 1.46. The molecule has 4 heteroatoms. The van der Waals surface area contributed by atoms with Crippen LogP contribution in [-0.4, -0.2) is 31.3 Å². The number of hydrogen-bond donors (Lipinski definition) is 0. The highest BCUT2D eigenvalue weighted by Crippen LogP contribution is 2.22. The monoisotopic (exact) mass is 207 g/mol. The molecule has 80 valence electrons. The van der Waals surface area contributed by atoms with Crippen molar-refractivity contribution in [3.8, 4) is 0 Å². The number of carbonyl (C=O) groups excluding carboxylic acids is 1. The molecule has 0 aliphatic carbocycles. The highest BCUT2D eigenvalue weighted by Gasteiger charge is 2.22. The van der Waals surface area contributed by atoms with Gasteiger partial charge in [0.05, 0.1) is 26.7 Å². The second-order valence-corrected chi connectivity index (χ2v) is 3.58. The zero-order chi connectivity index (χ0) is 10.7. The molecule has 1 aliphatic rings. The minimum atomic E-state index is -0.225. The van der Waals surface area contributed by atoms with Crippen LogP contribution >= 0.6 is 0 Å². The maximum Gasteiger partial charge on any atom is 0.309 e. The van der Waals surface area contributed by atoms with E-state index >= 15 is 0 Å². The predicted molar refractivity (Wildman–Crippen MR) is 53.5 cm³/mol. The highest BCUT2D eigenvalue weighted by molar-refractivity contribution is 5.72. The van der Waals surface area contributed by atoms with Crippen LogP contribution < -0.4 is 0 Å². The molecule has 1 aromatic rings. The number of nitrogens with zero attached hydrogens (tertiary/aromatic N) is 1. The Morgan fingerprint density at radius 2 is 2.47 bits per heavy atom. The summed E-state index contributed by atoms with van der Waals surface area (Å²) in [6, 6.07) is 3.78. The Morgan fingerprint density at radius 1 is 1.67 bits per heavy atom. The van der Waals surface area contributed by atoms with Crippen LogP contribution in [0.25, 0.3) is 0 Å². The topological polar surface area (TPSA) is 48.4 Å². The quantitative estimate of drug-likeness (QED) is 0.691. The fraction of sp³-hybridized carbons (Fsp3) is 0.455. The van der Waals surface area contributed by atoms with Crippen molar-refractivity contribution in [3.05, 3.63) is 29.6 Å². The van der Waals surface area contributed by atoms with Crippen LogP contribution in [-0.2, 0) is 20.7 Å². The SMILES string of the molecule is COC(=O)Cc1ccnc(C2COC2)c1. The summed E-state index contributed by atoms with van der Waals surface area (Å²) in [4.78, 5) is 15.3. The summed E-state index contributed by atoms with van der Waals surface area (Å²) in [7, 11) is 1.39. The molecule has 1 saturated heterocycles.